The highest BCUT2D eigenvalue weighted by atomic mass is 15.2. The van der Waals surface area contributed by atoms with Crippen LogP contribution in [0.3, 0.4) is 0 Å². The minimum atomic E-state index is 1.14. The van der Waals surface area contributed by atoms with Crippen LogP contribution in [0.15, 0.2) is 194 Å². The molecule has 4 aliphatic carbocycles. The standard InChI is InChI=1S/C70H48N2/c1-5-21-45(22-6-1)71(46-23-7-2-8-24-46)69-65-53-33-29-49-57-37-41-17-13-15-19-43(41)39-59(57)51-31-35-55(63(53)61(49)51)67(65)70(72(47-25-9-3-10-26-47)48-27-11-4-12-28-48)68-56-36-32-52-60-40-44-20-16-14-18-42(44)38-58(60)50-30-34-54(66(68)69)64(56)62(50)52/h1-12,21-40H,13-20H2. The molecule has 0 N–H and O–H groups in total. The van der Waals surface area contributed by atoms with Gasteiger partial charge in [0.1, 0.15) is 0 Å². The van der Waals surface area contributed by atoms with Gasteiger partial charge in [0, 0.05) is 44.3 Å². The predicted octanol–water partition coefficient (Wildman–Crippen LogP) is 18.7. The van der Waals surface area contributed by atoms with Crippen molar-refractivity contribution < 1.29 is 0 Å². The van der Waals surface area contributed by atoms with Crippen molar-refractivity contribution >= 4 is 98.8 Å². The number of fused-ring (bicyclic) bond motifs is 12. The number of rotatable bonds is 6. The first-order valence-electron chi connectivity index (χ1n) is 26.4. The fraction of sp³-hybridized carbons (Fsp3) is 0.114. The second kappa shape index (κ2) is 14.6. The van der Waals surface area contributed by atoms with E-state index in [9.17, 15) is 0 Å². The minimum absolute atomic E-state index is 1.14. The van der Waals surface area contributed by atoms with E-state index in [4.69, 9.17) is 0 Å². The number of hydrogen-bond acceptors (Lipinski definition) is 2. The molecular formula is C70H48N2. The summed E-state index contributed by atoms with van der Waals surface area (Å²) in [6.07, 6.45) is 9.78. The lowest BCUT2D eigenvalue weighted by Crippen LogP contribution is -2.13. The van der Waals surface area contributed by atoms with Gasteiger partial charge in [0.25, 0.3) is 0 Å². The zero-order valence-corrected chi connectivity index (χ0v) is 40.0. The SMILES string of the molecule is c1ccc(N(c2ccccc2)c2c3c4ccc5c6c(ccc(c3c(N(c3ccccc3)c3ccccc3)c3c7ccc8c9c(ccc(c23)c97)=c2cc3c(cc2=8)CCCC3)c64)-c2cc3c(cc2-5)CCCC3)cc1. The van der Waals surface area contributed by atoms with Gasteiger partial charge in [-0.25, -0.2) is 0 Å². The van der Waals surface area contributed by atoms with E-state index in [2.05, 4.69) is 204 Å². The quantitative estimate of drug-likeness (QED) is 0.153. The van der Waals surface area contributed by atoms with Gasteiger partial charge in [0.05, 0.1) is 11.4 Å². The molecule has 0 unspecified atom stereocenters. The maximum Gasteiger partial charge on any atom is 0.0632 e. The topological polar surface area (TPSA) is 6.48 Å². The van der Waals surface area contributed by atoms with Crippen molar-refractivity contribution in [3.8, 4) is 22.3 Å². The monoisotopic (exact) mass is 916 g/mol. The smallest absolute Gasteiger partial charge is 0.0632 e. The van der Waals surface area contributed by atoms with Crippen LogP contribution in [0.25, 0.3) is 86.9 Å². The molecule has 0 fully saturated rings. The second-order valence-corrected chi connectivity index (χ2v) is 21.1. The van der Waals surface area contributed by atoms with Gasteiger partial charge in [-0.3, -0.25) is 0 Å². The van der Waals surface area contributed by atoms with Crippen molar-refractivity contribution in [1.82, 2.24) is 0 Å². The molecule has 13 aromatic rings. The van der Waals surface area contributed by atoms with Gasteiger partial charge in [0.2, 0.25) is 0 Å². The molecule has 0 aromatic heterocycles. The molecule has 0 amide bonds. The van der Waals surface area contributed by atoms with E-state index in [0.29, 0.717) is 0 Å². The fourth-order valence-electron chi connectivity index (χ4n) is 14.5. The van der Waals surface area contributed by atoms with Crippen LogP contribution in [0.4, 0.5) is 34.1 Å². The summed E-state index contributed by atoms with van der Waals surface area (Å²) < 4.78 is 0. The molecule has 0 radical (unpaired) electrons. The Morgan fingerprint density at radius 3 is 0.917 bits per heavy atom. The number of para-hydroxylation sites is 4. The lowest BCUT2D eigenvalue weighted by atomic mass is 9.87. The molecule has 0 saturated carbocycles. The molecule has 13 aromatic carbocycles. The Morgan fingerprint density at radius 1 is 0.236 bits per heavy atom. The molecule has 0 heterocycles. The van der Waals surface area contributed by atoms with Gasteiger partial charge in [-0.05, 0) is 208 Å². The van der Waals surface area contributed by atoms with E-state index in [0.717, 1.165) is 22.7 Å². The Morgan fingerprint density at radius 2 is 0.556 bits per heavy atom. The first-order valence-corrected chi connectivity index (χ1v) is 26.4. The van der Waals surface area contributed by atoms with Crippen LogP contribution < -0.4 is 9.80 Å². The summed E-state index contributed by atoms with van der Waals surface area (Å²) in [5.74, 6) is 0. The van der Waals surface area contributed by atoms with E-state index < -0.39 is 0 Å². The first-order chi connectivity index (χ1) is 35.8. The van der Waals surface area contributed by atoms with E-state index in [1.54, 1.807) is 0 Å². The average molecular weight is 917 g/mol. The number of hydrogen-bond donors (Lipinski definition) is 0. The van der Waals surface area contributed by atoms with Crippen molar-refractivity contribution in [3.63, 3.8) is 0 Å². The molecule has 0 aliphatic heterocycles. The Balaban J connectivity index is 1.14. The summed E-state index contributed by atoms with van der Waals surface area (Å²) in [7, 11) is 0. The number of benzene rings is 11. The van der Waals surface area contributed by atoms with Crippen LogP contribution in [0.2, 0.25) is 0 Å². The molecule has 0 saturated heterocycles. The molecule has 2 nitrogen and oxygen atoms in total. The van der Waals surface area contributed by atoms with Crippen molar-refractivity contribution in [1.29, 1.82) is 0 Å². The molecule has 338 valence electrons. The van der Waals surface area contributed by atoms with Crippen LogP contribution in [-0.4, -0.2) is 0 Å². The molecule has 0 spiro atoms. The van der Waals surface area contributed by atoms with E-state index in [1.807, 2.05) is 0 Å². The van der Waals surface area contributed by atoms with Gasteiger partial charge < -0.3 is 9.80 Å². The van der Waals surface area contributed by atoms with Crippen molar-refractivity contribution in [2.24, 2.45) is 0 Å². The maximum atomic E-state index is 2.60. The Hall–Kier alpha value is -8.46. The average Bonchev–Trinajstić information content (AvgIpc) is 4.16. The Labute approximate surface area is 417 Å². The molecule has 0 atom stereocenters. The predicted molar refractivity (Wildman–Crippen MR) is 303 cm³/mol. The molecule has 17 rings (SSSR count). The number of anilines is 6. The minimum Gasteiger partial charge on any atom is -0.309 e. The zero-order chi connectivity index (χ0) is 46.8. The number of aryl methyl sites for hydroxylation is 4. The largest absolute Gasteiger partial charge is 0.309 e. The lowest BCUT2D eigenvalue weighted by molar-refractivity contribution is 0.684. The summed E-state index contributed by atoms with van der Waals surface area (Å²) in [4.78, 5) is 5.20. The van der Waals surface area contributed by atoms with Crippen molar-refractivity contribution in [2.75, 3.05) is 9.80 Å². The fourth-order valence-corrected chi connectivity index (χ4v) is 14.5. The molecule has 2 heteroatoms. The van der Waals surface area contributed by atoms with Crippen LogP contribution in [-0.2, 0) is 25.7 Å². The molecule has 4 aliphatic rings. The summed E-state index contributed by atoms with van der Waals surface area (Å²) in [6.45, 7) is 0. The zero-order valence-electron chi connectivity index (χ0n) is 40.0. The van der Waals surface area contributed by atoms with Gasteiger partial charge in [-0.15, -0.1) is 0 Å². The van der Waals surface area contributed by atoms with Gasteiger partial charge >= 0.3 is 0 Å². The van der Waals surface area contributed by atoms with Crippen LogP contribution in [0.1, 0.15) is 47.9 Å². The van der Waals surface area contributed by atoms with Crippen LogP contribution in [0, 0.1) is 20.9 Å². The third-order valence-electron chi connectivity index (χ3n) is 17.5. The molecule has 0 bridgehead atoms. The summed E-state index contributed by atoms with van der Waals surface area (Å²) in [5.41, 5.74) is 18.7. The van der Waals surface area contributed by atoms with Crippen LogP contribution >= 0.6 is 0 Å². The van der Waals surface area contributed by atoms with Crippen molar-refractivity contribution in [2.45, 2.75) is 51.4 Å². The number of nitrogens with zero attached hydrogens (tertiary/aromatic N) is 2. The Kier molecular flexibility index (Phi) is 7.94. The van der Waals surface area contributed by atoms with E-state index in [-0.39, 0.29) is 0 Å². The maximum absolute atomic E-state index is 2.60. The second-order valence-electron chi connectivity index (χ2n) is 21.1. The van der Waals surface area contributed by atoms with Crippen LogP contribution in [0.5, 0.6) is 0 Å². The van der Waals surface area contributed by atoms with Gasteiger partial charge in [0.15, 0.2) is 0 Å². The van der Waals surface area contributed by atoms with E-state index in [1.165, 1.54) is 193 Å². The summed E-state index contributed by atoms with van der Waals surface area (Å²) in [5, 5.41) is 21.5. The van der Waals surface area contributed by atoms with E-state index >= 15 is 0 Å². The summed E-state index contributed by atoms with van der Waals surface area (Å²) in [6, 6.07) is 74.8. The normalized spacial score (nSPS) is 14.2. The van der Waals surface area contributed by atoms with Gasteiger partial charge in [-0.1, -0.05) is 146 Å². The molecular weight excluding hydrogens is 869 g/mol. The lowest BCUT2D eigenvalue weighted by Gasteiger charge is -2.32. The third kappa shape index (κ3) is 5.14. The highest BCUT2D eigenvalue weighted by Gasteiger charge is 2.35. The Bertz CT molecular complexity index is 4290. The highest BCUT2D eigenvalue weighted by Crippen LogP contribution is 2.62. The molecule has 72 heavy (non-hydrogen) atoms. The third-order valence-corrected chi connectivity index (χ3v) is 17.5. The highest BCUT2D eigenvalue weighted by molar-refractivity contribution is 6.48. The summed E-state index contributed by atoms with van der Waals surface area (Å²) >= 11 is 0. The van der Waals surface area contributed by atoms with Gasteiger partial charge in [-0.2, -0.15) is 0 Å². The first kappa shape index (κ1) is 39.3. The van der Waals surface area contributed by atoms with Crippen molar-refractivity contribution in [3.05, 3.63) is 237 Å².